The monoisotopic (exact) mass is 276 g/mol. The maximum Gasteiger partial charge on any atom is 0.303 e. The van der Waals surface area contributed by atoms with Crippen molar-refractivity contribution in [2.24, 2.45) is 0 Å². The van der Waals surface area contributed by atoms with E-state index in [0.717, 1.165) is 30.6 Å². The van der Waals surface area contributed by atoms with Gasteiger partial charge in [0.05, 0.1) is 12.5 Å². The third-order valence-corrected chi connectivity index (χ3v) is 3.60. The minimum atomic E-state index is -0.804. The van der Waals surface area contributed by atoms with Crippen LogP contribution >= 0.6 is 0 Å². The van der Waals surface area contributed by atoms with Crippen molar-refractivity contribution in [2.45, 2.75) is 38.1 Å². The molecule has 5 heteroatoms. The van der Waals surface area contributed by atoms with Crippen LogP contribution in [0.5, 0.6) is 0 Å². The largest absolute Gasteiger partial charge is 0.481 e. The number of benzene rings is 1. The van der Waals surface area contributed by atoms with Crippen LogP contribution in [0.4, 0.5) is 5.69 Å². The number of amides is 1. The van der Waals surface area contributed by atoms with Crippen LogP contribution in [0.2, 0.25) is 0 Å². The summed E-state index contributed by atoms with van der Waals surface area (Å²) in [5, 5.41) is 14.8. The zero-order chi connectivity index (χ0) is 14.5. The van der Waals surface area contributed by atoms with E-state index >= 15 is 0 Å². The van der Waals surface area contributed by atoms with Crippen molar-refractivity contribution >= 4 is 17.6 Å². The van der Waals surface area contributed by atoms with Gasteiger partial charge >= 0.3 is 5.97 Å². The Hall–Kier alpha value is -1.88. The molecule has 3 N–H and O–H groups in total. The maximum absolute atomic E-state index is 11.9. The van der Waals surface area contributed by atoms with Crippen molar-refractivity contribution in [3.63, 3.8) is 0 Å². The molecule has 1 aliphatic rings. The number of carboxylic acid groups (broad SMARTS) is 1. The highest BCUT2D eigenvalue weighted by Crippen LogP contribution is 2.21. The number of nitrogens with one attached hydrogen (secondary N) is 2. The fraction of sp³-hybridized carbons (Fsp3) is 0.467. The summed E-state index contributed by atoms with van der Waals surface area (Å²) >= 11 is 0. The first-order valence-electron chi connectivity index (χ1n) is 6.92. The van der Waals surface area contributed by atoms with Crippen LogP contribution in [-0.2, 0) is 9.59 Å². The Morgan fingerprint density at radius 3 is 2.65 bits per heavy atom. The van der Waals surface area contributed by atoms with Gasteiger partial charge in [0.2, 0.25) is 5.91 Å². The lowest BCUT2D eigenvalue weighted by Crippen LogP contribution is -2.35. The first kappa shape index (κ1) is 14.5. The second-order valence-electron chi connectivity index (χ2n) is 5.26. The fourth-order valence-electron chi connectivity index (χ4n) is 2.41. The second kappa shape index (κ2) is 6.52. The minimum Gasteiger partial charge on any atom is -0.481 e. The van der Waals surface area contributed by atoms with Crippen molar-refractivity contribution in [1.82, 2.24) is 5.32 Å². The molecular weight excluding hydrogens is 256 g/mol. The zero-order valence-corrected chi connectivity index (χ0v) is 11.6. The van der Waals surface area contributed by atoms with E-state index in [1.165, 1.54) is 0 Å². The first-order chi connectivity index (χ1) is 9.56. The lowest BCUT2D eigenvalue weighted by molar-refractivity contribution is -0.137. The molecule has 1 aliphatic heterocycles. The Morgan fingerprint density at radius 2 is 2.10 bits per heavy atom. The Balaban J connectivity index is 1.94. The number of hydrogen-bond acceptors (Lipinski definition) is 3. The van der Waals surface area contributed by atoms with Gasteiger partial charge in [0.25, 0.3) is 0 Å². The standard InChI is InChI=1S/C15H20N2O3/c1-10(9-14(18)19)11-4-6-12(7-5-11)17-15(20)13-3-2-8-16-13/h4-7,10,13,16H,2-3,8-9H2,1H3,(H,17,20)(H,18,19)/t10?,13-/m0/s1. The van der Waals surface area contributed by atoms with Gasteiger partial charge in [-0.15, -0.1) is 0 Å². The van der Waals surface area contributed by atoms with E-state index in [0.29, 0.717) is 0 Å². The van der Waals surface area contributed by atoms with Gasteiger partial charge in [0, 0.05) is 5.69 Å². The highest BCUT2D eigenvalue weighted by Gasteiger charge is 2.21. The van der Waals surface area contributed by atoms with Crippen LogP contribution in [0.1, 0.15) is 37.7 Å². The van der Waals surface area contributed by atoms with E-state index in [4.69, 9.17) is 5.11 Å². The molecule has 5 nitrogen and oxygen atoms in total. The SMILES string of the molecule is CC(CC(=O)O)c1ccc(NC(=O)[C@@H]2CCCN2)cc1. The molecule has 0 aromatic heterocycles. The molecule has 2 rings (SSSR count). The number of hydrogen-bond donors (Lipinski definition) is 3. The molecule has 1 aromatic carbocycles. The predicted octanol–water partition coefficient (Wildman–Crippen LogP) is 1.96. The molecule has 0 radical (unpaired) electrons. The molecule has 108 valence electrons. The normalized spacial score (nSPS) is 19.6. The van der Waals surface area contributed by atoms with Gasteiger partial charge in [-0.1, -0.05) is 19.1 Å². The number of carboxylic acids is 1. The molecule has 1 aromatic rings. The molecule has 1 amide bonds. The van der Waals surface area contributed by atoms with Gasteiger partial charge in [-0.25, -0.2) is 0 Å². The lowest BCUT2D eigenvalue weighted by Gasteiger charge is -2.13. The van der Waals surface area contributed by atoms with E-state index in [1.807, 2.05) is 31.2 Å². The van der Waals surface area contributed by atoms with Gasteiger partial charge in [-0.05, 0) is 43.0 Å². The summed E-state index contributed by atoms with van der Waals surface area (Å²) in [4.78, 5) is 22.6. The molecule has 1 saturated heterocycles. The summed E-state index contributed by atoms with van der Waals surface area (Å²) in [7, 11) is 0. The summed E-state index contributed by atoms with van der Waals surface area (Å²) in [6.07, 6.45) is 2.01. The molecule has 20 heavy (non-hydrogen) atoms. The van der Waals surface area contributed by atoms with E-state index in [2.05, 4.69) is 10.6 Å². The number of aliphatic carboxylic acids is 1. The topological polar surface area (TPSA) is 78.4 Å². The maximum atomic E-state index is 11.9. The highest BCUT2D eigenvalue weighted by molar-refractivity contribution is 5.95. The second-order valence-corrected chi connectivity index (χ2v) is 5.26. The Morgan fingerprint density at radius 1 is 1.40 bits per heavy atom. The number of anilines is 1. The van der Waals surface area contributed by atoms with E-state index in [-0.39, 0.29) is 24.3 Å². The smallest absolute Gasteiger partial charge is 0.303 e. The summed E-state index contributed by atoms with van der Waals surface area (Å²) in [5.74, 6) is -0.843. The van der Waals surface area contributed by atoms with Crippen LogP contribution in [0.3, 0.4) is 0 Å². The number of rotatable bonds is 5. The Labute approximate surface area is 118 Å². The molecule has 0 bridgehead atoms. The van der Waals surface area contributed by atoms with Crippen molar-refractivity contribution in [3.05, 3.63) is 29.8 Å². The van der Waals surface area contributed by atoms with Crippen molar-refractivity contribution < 1.29 is 14.7 Å². The lowest BCUT2D eigenvalue weighted by atomic mass is 9.98. The molecule has 0 aliphatic carbocycles. The van der Waals surface area contributed by atoms with Crippen LogP contribution in [0.25, 0.3) is 0 Å². The van der Waals surface area contributed by atoms with Crippen LogP contribution < -0.4 is 10.6 Å². The van der Waals surface area contributed by atoms with Crippen molar-refractivity contribution in [3.8, 4) is 0 Å². The summed E-state index contributed by atoms with van der Waals surface area (Å²) in [6, 6.07) is 7.28. The van der Waals surface area contributed by atoms with E-state index in [9.17, 15) is 9.59 Å². The first-order valence-corrected chi connectivity index (χ1v) is 6.92. The third kappa shape index (κ3) is 3.81. The molecule has 0 spiro atoms. The van der Waals surface area contributed by atoms with Gasteiger partial charge in [-0.3, -0.25) is 9.59 Å². The average Bonchev–Trinajstić information content (AvgIpc) is 2.92. The average molecular weight is 276 g/mol. The van der Waals surface area contributed by atoms with Crippen LogP contribution in [-0.4, -0.2) is 29.6 Å². The predicted molar refractivity (Wildman–Crippen MR) is 76.8 cm³/mol. The van der Waals surface area contributed by atoms with Gasteiger partial charge in [0.1, 0.15) is 0 Å². The van der Waals surface area contributed by atoms with Gasteiger partial charge < -0.3 is 15.7 Å². The Bertz CT molecular complexity index is 478. The third-order valence-electron chi connectivity index (χ3n) is 3.60. The van der Waals surface area contributed by atoms with Crippen molar-refractivity contribution in [1.29, 1.82) is 0 Å². The molecule has 0 saturated carbocycles. The molecule has 2 atom stereocenters. The molecule has 1 fully saturated rings. The van der Waals surface area contributed by atoms with Crippen LogP contribution in [0.15, 0.2) is 24.3 Å². The fourth-order valence-corrected chi connectivity index (χ4v) is 2.41. The number of carbonyl (C=O) groups excluding carboxylic acids is 1. The molecule has 1 unspecified atom stereocenters. The van der Waals surface area contributed by atoms with Gasteiger partial charge in [-0.2, -0.15) is 0 Å². The molecule has 1 heterocycles. The summed E-state index contributed by atoms with van der Waals surface area (Å²) in [5.41, 5.74) is 1.71. The highest BCUT2D eigenvalue weighted by atomic mass is 16.4. The summed E-state index contributed by atoms with van der Waals surface area (Å²) in [6.45, 7) is 2.77. The zero-order valence-electron chi connectivity index (χ0n) is 11.6. The van der Waals surface area contributed by atoms with E-state index in [1.54, 1.807) is 0 Å². The summed E-state index contributed by atoms with van der Waals surface area (Å²) < 4.78 is 0. The quantitative estimate of drug-likeness (QED) is 0.768. The number of carbonyl (C=O) groups is 2. The van der Waals surface area contributed by atoms with Crippen LogP contribution in [0, 0.1) is 0 Å². The van der Waals surface area contributed by atoms with Gasteiger partial charge in [0.15, 0.2) is 0 Å². The minimum absolute atomic E-state index is 0.00571. The van der Waals surface area contributed by atoms with Crippen molar-refractivity contribution in [2.75, 3.05) is 11.9 Å². The van der Waals surface area contributed by atoms with E-state index < -0.39 is 5.97 Å². The Kier molecular flexibility index (Phi) is 4.74. The molecular formula is C15H20N2O3.